The van der Waals surface area contributed by atoms with E-state index >= 15 is 0 Å². The lowest BCUT2D eigenvalue weighted by molar-refractivity contribution is -0.158. The number of piperidine rings is 1. The van der Waals surface area contributed by atoms with Crippen molar-refractivity contribution in [2.24, 2.45) is 0 Å². The molecule has 1 aromatic heterocycles. The first-order chi connectivity index (χ1) is 12.7. The molecule has 0 amide bonds. The molecule has 7 heteroatoms. The summed E-state index contributed by atoms with van der Waals surface area (Å²) in [5.41, 5.74) is 0.387. The molecular weight excluding hydrogens is 357 g/mol. The number of pyridine rings is 1. The van der Waals surface area contributed by atoms with Crippen molar-refractivity contribution in [2.45, 2.75) is 58.0 Å². The first-order valence-corrected chi connectivity index (χ1v) is 8.95. The SMILES string of the molecule is Cc1ccc(ON2[C@H](C)CC(Oc3ccc(C(F)(F)F)cc3)C[C@@H]2C)nc1. The molecule has 27 heavy (non-hydrogen) atoms. The van der Waals surface area contributed by atoms with Crippen LogP contribution in [0.15, 0.2) is 42.6 Å². The van der Waals surface area contributed by atoms with E-state index in [1.54, 1.807) is 6.20 Å². The zero-order chi connectivity index (χ0) is 19.6. The Balaban J connectivity index is 1.60. The molecule has 3 rings (SSSR count). The normalized spacial score (nSPS) is 23.9. The van der Waals surface area contributed by atoms with Crippen molar-refractivity contribution in [3.63, 3.8) is 0 Å². The van der Waals surface area contributed by atoms with Crippen LogP contribution in [0.1, 0.15) is 37.8 Å². The van der Waals surface area contributed by atoms with Gasteiger partial charge in [-0.2, -0.15) is 13.2 Å². The molecule has 0 bridgehead atoms. The van der Waals surface area contributed by atoms with E-state index < -0.39 is 11.7 Å². The van der Waals surface area contributed by atoms with E-state index in [0.29, 0.717) is 24.5 Å². The summed E-state index contributed by atoms with van der Waals surface area (Å²) >= 11 is 0. The van der Waals surface area contributed by atoms with Gasteiger partial charge >= 0.3 is 6.18 Å². The Morgan fingerprint density at radius 2 is 1.63 bits per heavy atom. The number of hydroxylamine groups is 2. The monoisotopic (exact) mass is 380 g/mol. The van der Waals surface area contributed by atoms with Crippen LogP contribution >= 0.6 is 0 Å². The first-order valence-electron chi connectivity index (χ1n) is 8.95. The van der Waals surface area contributed by atoms with Crippen molar-refractivity contribution in [3.05, 3.63) is 53.7 Å². The van der Waals surface area contributed by atoms with Gasteiger partial charge in [-0.25, -0.2) is 4.98 Å². The molecule has 1 fully saturated rings. The van der Waals surface area contributed by atoms with Crippen molar-refractivity contribution in [2.75, 3.05) is 0 Å². The van der Waals surface area contributed by atoms with E-state index in [2.05, 4.69) is 4.98 Å². The average Bonchev–Trinajstić information content (AvgIpc) is 2.59. The van der Waals surface area contributed by atoms with Gasteiger partial charge in [-0.15, -0.1) is 5.06 Å². The second kappa shape index (κ2) is 7.76. The number of alkyl halides is 3. The Hall–Kier alpha value is -2.28. The average molecular weight is 380 g/mol. The summed E-state index contributed by atoms with van der Waals surface area (Å²) in [7, 11) is 0. The molecule has 1 aliphatic rings. The molecular formula is C20H23F3N2O2. The molecule has 0 spiro atoms. The molecule has 3 atom stereocenters. The van der Waals surface area contributed by atoms with Gasteiger partial charge in [-0.1, -0.05) is 6.07 Å². The van der Waals surface area contributed by atoms with Gasteiger partial charge in [0.25, 0.3) is 0 Å². The maximum atomic E-state index is 12.7. The van der Waals surface area contributed by atoms with E-state index in [4.69, 9.17) is 9.57 Å². The van der Waals surface area contributed by atoms with Crippen LogP contribution in [-0.2, 0) is 6.18 Å². The summed E-state index contributed by atoms with van der Waals surface area (Å²) < 4.78 is 43.9. The Labute approximate surface area is 156 Å². The van der Waals surface area contributed by atoms with Gasteiger partial charge in [0.2, 0.25) is 5.88 Å². The van der Waals surface area contributed by atoms with Crippen LogP contribution in [0.4, 0.5) is 13.2 Å². The minimum atomic E-state index is -4.34. The first kappa shape index (κ1) is 19.5. The summed E-state index contributed by atoms with van der Waals surface area (Å²) in [5.74, 6) is 0.989. The van der Waals surface area contributed by atoms with E-state index in [1.165, 1.54) is 12.1 Å². The number of benzene rings is 1. The van der Waals surface area contributed by atoms with Crippen molar-refractivity contribution >= 4 is 0 Å². The maximum Gasteiger partial charge on any atom is 0.416 e. The van der Waals surface area contributed by atoms with Gasteiger partial charge in [0, 0.05) is 37.2 Å². The van der Waals surface area contributed by atoms with Crippen molar-refractivity contribution in [3.8, 4) is 11.6 Å². The molecule has 1 aliphatic heterocycles. The molecule has 1 unspecified atom stereocenters. The molecule has 0 radical (unpaired) electrons. The van der Waals surface area contributed by atoms with Crippen molar-refractivity contribution in [1.29, 1.82) is 0 Å². The number of ether oxygens (including phenoxy) is 1. The fraction of sp³-hybridized carbons (Fsp3) is 0.450. The molecule has 146 valence electrons. The smallest absolute Gasteiger partial charge is 0.416 e. The number of halogens is 3. The lowest BCUT2D eigenvalue weighted by Gasteiger charge is -2.40. The van der Waals surface area contributed by atoms with Crippen LogP contribution in [-0.4, -0.2) is 28.2 Å². The third-order valence-electron chi connectivity index (χ3n) is 4.64. The highest BCUT2D eigenvalue weighted by Crippen LogP contribution is 2.32. The topological polar surface area (TPSA) is 34.6 Å². The summed E-state index contributed by atoms with van der Waals surface area (Å²) in [6.45, 7) is 6.03. The fourth-order valence-electron chi connectivity index (χ4n) is 3.31. The Morgan fingerprint density at radius 3 is 2.15 bits per heavy atom. The molecule has 0 aliphatic carbocycles. The molecule has 2 heterocycles. The number of hydrogen-bond acceptors (Lipinski definition) is 4. The second-order valence-electron chi connectivity index (χ2n) is 7.06. The van der Waals surface area contributed by atoms with Crippen molar-refractivity contribution < 1.29 is 22.7 Å². The Bertz CT molecular complexity index is 735. The van der Waals surface area contributed by atoms with E-state index in [-0.39, 0.29) is 18.2 Å². The van der Waals surface area contributed by atoms with Gasteiger partial charge < -0.3 is 9.57 Å². The predicted molar refractivity (Wildman–Crippen MR) is 95.5 cm³/mol. The zero-order valence-electron chi connectivity index (χ0n) is 15.5. The fourth-order valence-corrected chi connectivity index (χ4v) is 3.31. The Morgan fingerprint density at radius 1 is 1.00 bits per heavy atom. The van der Waals surface area contributed by atoms with Crippen molar-refractivity contribution in [1.82, 2.24) is 10.0 Å². The number of aryl methyl sites for hydroxylation is 1. The van der Waals surface area contributed by atoms with E-state index in [9.17, 15) is 13.2 Å². The van der Waals surface area contributed by atoms with Gasteiger partial charge in [-0.05, 0) is 50.6 Å². The molecule has 0 N–H and O–H groups in total. The summed E-state index contributed by atoms with van der Waals surface area (Å²) in [6.07, 6.45) is -1.26. The van der Waals surface area contributed by atoms with Gasteiger partial charge in [0.1, 0.15) is 11.9 Å². The number of rotatable bonds is 4. The van der Waals surface area contributed by atoms with Gasteiger partial charge in [-0.3, -0.25) is 0 Å². The minimum absolute atomic E-state index is 0.0799. The number of aromatic nitrogens is 1. The highest BCUT2D eigenvalue weighted by molar-refractivity contribution is 5.29. The highest BCUT2D eigenvalue weighted by atomic mass is 19.4. The maximum absolute atomic E-state index is 12.7. The lowest BCUT2D eigenvalue weighted by Crippen LogP contribution is -2.51. The molecule has 1 saturated heterocycles. The zero-order valence-corrected chi connectivity index (χ0v) is 15.5. The third kappa shape index (κ3) is 4.91. The van der Waals surface area contributed by atoms with Gasteiger partial charge in [0.05, 0.1) is 5.56 Å². The largest absolute Gasteiger partial charge is 0.490 e. The van der Waals surface area contributed by atoms with Crippen LogP contribution in [0.5, 0.6) is 11.6 Å². The molecule has 0 saturated carbocycles. The van der Waals surface area contributed by atoms with E-state index in [0.717, 1.165) is 17.7 Å². The van der Waals surface area contributed by atoms with Gasteiger partial charge in [0.15, 0.2) is 0 Å². The summed E-state index contributed by atoms with van der Waals surface area (Å²) in [5, 5.41) is 1.91. The van der Waals surface area contributed by atoms with Crippen LogP contribution < -0.4 is 9.57 Å². The third-order valence-corrected chi connectivity index (χ3v) is 4.64. The van der Waals surface area contributed by atoms with Crippen LogP contribution in [0.25, 0.3) is 0 Å². The second-order valence-corrected chi connectivity index (χ2v) is 7.06. The Kier molecular flexibility index (Phi) is 5.60. The standard InChI is InChI=1S/C20H23F3N2O2/c1-13-4-9-19(24-12-13)27-25-14(2)10-18(11-15(25)3)26-17-7-5-16(6-8-17)20(21,22)23/h4-9,12,14-15,18H,10-11H2,1-3H3/t14-,15+,18?. The number of hydrogen-bond donors (Lipinski definition) is 0. The van der Waals surface area contributed by atoms with Crippen LogP contribution in [0, 0.1) is 6.92 Å². The molecule has 4 nitrogen and oxygen atoms in total. The molecule has 2 aromatic rings. The van der Waals surface area contributed by atoms with Crippen LogP contribution in [0.2, 0.25) is 0 Å². The lowest BCUT2D eigenvalue weighted by atomic mass is 9.97. The summed E-state index contributed by atoms with van der Waals surface area (Å²) in [4.78, 5) is 10.2. The van der Waals surface area contributed by atoms with E-state index in [1.807, 2.05) is 38.0 Å². The highest BCUT2D eigenvalue weighted by Gasteiger charge is 2.34. The summed E-state index contributed by atoms with van der Waals surface area (Å²) in [6, 6.07) is 8.77. The quantitative estimate of drug-likeness (QED) is 0.746. The minimum Gasteiger partial charge on any atom is -0.490 e. The predicted octanol–water partition coefficient (Wildman–Crippen LogP) is 5.02. The molecule has 1 aromatic carbocycles. The van der Waals surface area contributed by atoms with Crippen LogP contribution in [0.3, 0.4) is 0 Å². The number of nitrogens with zero attached hydrogens (tertiary/aromatic N) is 2.